The van der Waals surface area contributed by atoms with Crippen molar-refractivity contribution in [3.8, 4) is 0 Å². The minimum absolute atomic E-state index is 0.128. The van der Waals surface area contributed by atoms with Crippen molar-refractivity contribution in [1.29, 1.82) is 0 Å². The van der Waals surface area contributed by atoms with Crippen LogP contribution < -0.4 is 0 Å². The Labute approximate surface area is 182 Å². The first-order valence-electron chi connectivity index (χ1n) is 12.1. The van der Waals surface area contributed by atoms with E-state index in [1.54, 1.807) is 0 Å². The smallest absolute Gasteiger partial charge is 0.253 e. The van der Waals surface area contributed by atoms with Crippen molar-refractivity contribution in [2.45, 2.75) is 70.4 Å². The van der Waals surface area contributed by atoms with E-state index in [1.165, 1.54) is 44.2 Å². The number of likely N-dealkylation sites (tertiary alicyclic amines) is 2. The molecule has 1 aromatic rings. The van der Waals surface area contributed by atoms with Gasteiger partial charge in [0, 0.05) is 44.0 Å². The van der Waals surface area contributed by atoms with E-state index >= 15 is 0 Å². The van der Waals surface area contributed by atoms with Crippen molar-refractivity contribution in [2.24, 2.45) is 17.8 Å². The highest BCUT2D eigenvalue weighted by molar-refractivity contribution is 5.94. The Morgan fingerprint density at radius 2 is 1.70 bits per heavy atom. The number of hydrogen-bond donors (Lipinski definition) is 0. The Kier molecular flexibility index (Phi) is 5.43. The average molecular weight is 411 g/mol. The summed E-state index contributed by atoms with van der Waals surface area (Å²) in [5.74, 6) is 2.58. The fourth-order valence-corrected chi connectivity index (χ4v) is 6.38. The van der Waals surface area contributed by atoms with Crippen LogP contribution in [-0.4, -0.2) is 60.6 Å². The molecular weight excluding hydrogens is 372 g/mol. The molecule has 5 rings (SSSR count). The zero-order valence-corrected chi connectivity index (χ0v) is 19.0. The van der Waals surface area contributed by atoms with Crippen LogP contribution in [0.2, 0.25) is 0 Å². The first-order valence-corrected chi connectivity index (χ1v) is 12.1. The molecule has 1 aromatic carbocycles. The molecule has 0 N–H and O–H groups in total. The number of amides is 1. The summed E-state index contributed by atoms with van der Waals surface area (Å²) in [4.78, 5) is 17.9. The van der Waals surface area contributed by atoms with Crippen LogP contribution in [0.15, 0.2) is 24.3 Å². The number of benzene rings is 1. The molecule has 3 atom stereocenters. The summed E-state index contributed by atoms with van der Waals surface area (Å²) >= 11 is 0. The zero-order valence-electron chi connectivity index (χ0n) is 19.0. The Hall–Kier alpha value is -1.39. The number of carbonyl (C=O) groups is 1. The Morgan fingerprint density at radius 3 is 2.33 bits per heavy atom. The first-order chi connectivity index (χ1) is 14.4. The van der Waals surface area contributed by atoms with Gasteiger partial charge in [0.15, 0.2) is 0 Å². The second-order valence-corrected chi connectivity index (χ2v) is 11.1. The Balaban J connectivity index is 1.14. The highest BCUT2D eigenvalue weighted by atomic mass is 16.5. The maximum Gasteiger partial charge on any atom is 0.253 e. The summed E-state index contributed by atoms with van der Waals surface area (Å²) in [5, 5.41) is 0. The van der Waals surface area contributed by atoms with E-state index in [0.29, 0.717) is 0 Å². The third kappa shape index (κ3) is 3.93. The van der Waals surface area contributed by atoms with Crippen molar-refractivity contribution < 1.29 is 9.53 Å². The summed E-state index contributed by atoms with van der Waals surface area (Å²) < 4.78 is 5.58. The van der Waals surface area contributed by atoms with Crippen molar-refractivity contribution in [3.63, 3.8) is 0 Å². The lowest BCUT2D eigenvalue weighted by Crippen LogP contribution is -2.43. The molecule has 1 aliphatic carbocycles. The molecule has 30 heavy (non-hydrogen) atoms. The fourth-order valence-electron chi connectivity index (χ4n) is 6.38. The highest BCUT2D eigenvalue weighted by Gasteiger charge is 2.57. The average Bonchev–Trinajstić information content (AvgIpc) is 3.11. The number of hydrogen-bond acceptors (Lipinski definition) is 3. The molecule has 0 aromatic heterocycles. The van der Waals surface area contributed by atoms with Gasteiger partial charge in [-0.05, 0) is 79.5 Å². The van der Waals surface area contributed by atoms with E-state index in [1.807, 2.05) is 12.1 Å². The molecule has 4 heteroatoms. The number of nitrogens with zero attached hydrogens (tertiary/aromatic N) is 2. The second kappa shape index (κ2) is 7.94. The largest absolute Gasteiger partial charge is 0.381 e. The van der Waals surface area contributed by atoms with E-state index in [-0.39, 0.29) is 11.3 Å². The Bertz CT molecular complexity index is 750. The van der Waals surface area contributed by atoms with E-state index < -0.39 is 0 Å². The van der Waals surface area contributed by atoms with E-state index in [9.17, 15) is 4.79 Å². The van der Waals surface area contributed by atoms with E-state index in [2.05, 4.69) is 42.7 Å². The molecule has 4 fully saturated rings. The van der Waals surface area contributed by atoms with Crippen LogP contribution in [0.5, 0.6) is 0 Å². The highest BCUT2D eigenvalue weighted by Crippen LogP contribution is 2.55. The summed E-state index contributed by atoms with van der Waals surface area (Å²) in [6.45, 7) is 11.8. The van der Waals surface area contributed by atoms with Gasteiger partial charge in [-0.15, -0.1) is 0 Å². The SMILES string of the molecule is CC(C)(C)c1ccc(C(=O)N2CC3C(CC4CCCN4C4CCOCC4)C3C2)cc1. The molecule has 4 nitrogen and oxygen atoms in total. The molecule has 1 saturated carbocycles. The normalized spacial score (nSPS) is 32.4. The lowest BCUT2D eigenvalue weighted by molar-refractivity contribution is 0.0267. The van der Waals surface area contributed by atoms with Gasteiger partial charge in [-0.2, -0.15) is 0 Å². The Morgan fingerprint density at radius 1 is 1.03 bits per heavy atom. The van der Waals surface area contributed by atoms with Gasteiger partial charge in [0.05, 0.1) is 0 Å². The van der Waals surface area contributed by atoms with Crippen LogP contribution in [0.3, 0.4) is 0 Å². The maximum absolute atomic E-state index is 13.0. The number of rotatable bonds is 4. The summed E-state index contributed by atoms with van der Waals surface area (Å²) in [7, 11) is 0. The lowest BCUT2D eigenvalue weighted by atomic mass is 9.86. The third-order valence-electron chi connectivity index (χ3n) is 8.28. The topological polar surface area (TPSA) is 32.8 Å². The number of carbonyl (C=O) groups excluding carboxylic acids is 1. The van der Waals surface area contributed by atoms with E-state index in [4.69, 9.17) is 4.74 Å². The summed E-state index contributed by atoms with van der Waals surface area (Å²) in [6.07, 6.45) is 6.51. The van der Waals surface area contributed by atoms with Crippen molar-refractivity contribution in [2.75, 3.05) is 32.8 Å². The predicted octanol–water partition coefficient (Wildman–Crippen LogP) is 4.34. The molecule has 164 valence electrons. The van der Waals surface area contributed by atoms with Gasteiger partial charge in [-0.3, -0.25) is 9.69 Å². The van der Waals surface area contributed by atoms with Crippen molar-refractivity contribution in [3.05, 3.63) is 35.4 Å². The standard InChI is InChI=1S/C26H38N2O2/c1-26(2,3)19-8-6-18(7-9-19)25(29)27-16-23-22(24(23)17-27)15-21-5-4-12-28(21)20-10-13-30-14-11-20/h6-9,20-24H,4-5,10-17H2,1-3H3. The van der Waals surface area contributed by atoms with Crippen LogP contribution in [0, 0.1) is 17.8 Å². The summed E-state index contributed by atoms with van der Waals surface area (Å²) in [6, 6.07) is 9.82. The van der Waals surface area contributed by atoms with Crippen LogP contribution in [0.4, 0.5) is 0 Å². The van der Waals surface area contributed by atoms with E-state index in [0.717, 1.165) is 61.7 Å². The van der Waals surface area contributed by atoms with Crippen molar-refractivity contribution in [1.82, 2.24) is 9.80 Å². The van der Waals surface area contributed by atoms with Gasteiger partial charge in [0.25, 0.3) is 5.91 Å². The molecule has 0 radical (unpaired) electrons. The van der Waals surface area contributed by atoms with Crippen LogP contribution in [-0.2, 0) is 10.2 Å². The van der Waals surface area contributed by atoms with Gasteiger partial charge < -0.3 is 9.64 Å². The number of ether oxygens (including phenoxy) is 1. The van der Waals surface area contributed by atoms with Crippen LogP contribution >= 0.6 is 0 Å². The monoisotopic (exact) mass is 410 g/mol. The molecule has 3 heterocycles. The minimum atomic E-state index is 0.128. The molecule has 4 aliphatic rings. The number of fused-ring (bicyclic) bond motifs is 1. The van der Waals surface area contributed by atoms with Gasteiger partial charge in [0.2, 0.25) is 0 Å². The maximum atomic E-state index is 13.0. The molecule has 1 amide bonds. The lowest BCUT2D eigenvalue weighted by Gasteiger charge is -2.36. The first kappa shape index (κ1) is 20.5. The van der Waals surface area contributed by atoms with Gasteiger partial charge >= 0.3 is 0 Å². The molecule has 0 bridgehead atoms. The second-order valence-electron chi connectivity index (χ2n) is 11.1. The zero-order chi connectivity index (χ0) is 20.9. The molecule has 3 aliphatic heterocycles. The fraction of sp³-hybridized carbons (Fsp3) is 0.731. The molecular formula is C26H38N2O2. The minimum Gasteiger partial charge on any atom is -0.381 e. The van der Waals surface area contributed by atoms with Gasteiger partial charge in [-0.25, -0.2) is 0 Å². The van der Waals surface area contributed by atoms with Crippen LogP contribution in [0.1, 0.15) is 68.8 Å². The van der Waals surface area contributed by atoms with Crippen molar-refractivity contribution >= 4 is 5.91 Å². The molecule has 0 spiro atoms. The third-order valence-corrected chi connectivity index (χ3v) is 8.28. The molecule has 3 unspecified atom stereocenters. The van der Waals surface area contributed by atoms with Crippen LogP contribution in [0.25, 0.3) is 0 Å². The summed E-state index contributed by atoms with van der Waals surface area (Å²) in [5.41, 5.74) is 2.26. The van der Waals surface area contributed by atoms with Gasteiger partial charge in [0.1, 0.15) is 0 Å². The quantitative estimate of drug-likeness (QED) is 0.740. The number of piperidine rings is 1. The molecule has 3 saturated heterocycles. The van der Waals surface area contributed by atoms with Gasteiger partial charge in [-0.1, -0.05) is 32.9 Å². The predicted molar refractivity (Wildman–Crippen MR) is 120 cm³/mol.